The van der Waals surface area contributed by atoms with E-state index in [-0.39, 0.29) is 17.4 Å². The molecule has 1 fully saturated rings. The quantitative estimate of drug-likeness (QED) is 0.108. The van der Waals surface area contributed by atoms with Gasteiger partial charge in [-0.3, -0.25) is 9.69 Å². The van der Waals surface area contributed by atoms with Crippen molar-refractivity contribution < 1.29 is 52.4 Å². The number of ketones is 1. The number of carboxylic acid groups (broad SMARTS) is 2. The number of anilines is 2. The van der Waals surface area contributed by atoms with Crippen LogP contribution in [0.1, 0.15) is 23.2 Å². The van der Waals surface area contributed by atoms with Crippen molar-refractivity contribution in [1.82, 2.24) is 4.90 Å². The molecule has 10 nitrogen and oxygen atoms in total. The smallest absolute Gasteiger partial charge is 0.335 e. The molecule has 2 atom stereocenters. The number of likely N-dealkylation sites (tertiary alicyclic amines) is 1. The molecular weight excluding hydrogens is 550 g/mol. The van der Waals surface area contributed by atoms with Gasteiger partial charge in [0.25, 0.3) is 0 Å². The molecule has 1 aliphatic rings. The van der Waals surface area contributed by atoms with Gasteiger partial charge in [-0.1, -0.05) is 12.1 Å². The third-order valence-electron chi connectivity index (χ3n) is 5.83. The molecule has 1 heterocycles. The van der Waals surface area contributed by atoms with E-state index < -0.39 is 58.2 Å². The molecule has 0 amide bonds. The maximum absolute atomic E-state index is 14.3. The zero-order chi connectivity index (χ0) is 29.6. The largest absolute Gasteiger partial charge is 0.479 e. The topological polar surface area (TPSA) is 165 Å². The number of nitrogens with two attached hydrogens (primary N) is 1. The number of halogens is 4. The fourth-order valence-corrected chi connectivity index (χ4v) is 3.89. The van der Waals surface area contributed by atoms with Crippen LogP contribution in [0.3, 0.4) is 0 Å². The molecule has 3 rings (SSSR count). The molecule has 1 aliphatic heterocycles. The van der Waals surface area contributed by atoms with Gasteiger partial charge in [0.1, 0.15) is 0 Å². The summed E-state index contributed by atoms with van der Waals surface area (Å²) >= 11 is 4.92. The van der Waals surface area contributed by atoms with Crippen LogP contribution < -0.4 is 10.6 Å². The number of aliphatic hydroxyl groups excluding tert-OH is 2. The second-order valence-corrected chi connectivity index (χ2v) is 8.97. The number of aliphatic hydroxyl groups is 2. The lowest BCUT2D eigenvalue weighted by atomic mass is 9.89. The molecular formula is C24H25F4N3O7S. The van der Waals surface area contributed by atoms with Gasteiger partial charge in [-0.2, -0.15) is 0 Å². The molecule has 0 radical (unpaired) electrons. The van der Waals surface area contributed by atoms with Crippen LogP contribution in [0.2, 0.25) is 0 Å². The van der Waals surface area contributed by atoms with Crippen LogP contribution in [0.5, 0.6) is 0 Å². The van der Waals surface area contributed by atoms with Crippen LogP contribution in [-0.4, -0.2) is 80.5 Å². The van der Waals surface area contributed by atoms with E-state index in [1.807, 2.05) is 7.05 Å². The number of carbonyl (C=O) groups is 3. The third kappa shape index (κ3) is 7.69. The molecule has 212 valence electrons. The van der Waals surface area contributed by atoms with Gasteiger partial charge >= 0.3 is 11.9 Å². The Bertz CT molecular complexity index is 1240. The van der Waals surface area contributed by atoms with Gasteiger partial charge in [0.05, 0.1) is 5.69 Å². The van der Waals surface area contributed by atoms with Crippen molar-refractivity contribution in [2.45, 2.75) is 25.0 Å². The molecule has 0 spiro atoms. The second-order valence-electron chi connectivity index (χ2n) is 8.55. The summed E-state index contributed by atoms with van der Waals surface area (Å²) in [5, 5.41) is 32.1. The molecule has 2 aromatic rings. The van der Waals surface area contributed by atoms with E-state index in [1.165, 1.54) is 18.2 Å². The Labute approximate surface area is 224 Å². The number of nitrogens with zero attached hydrogens (tertiary/aromatic N) is 2. The van der Waals surface area contributed by atoms with Crippen molar-refractivity contribution in [2.24, 2.45) is 11.7 Å². The average molecular weight is 576 g/mol. The number of rotatable bonds is 7. The van der Waals surface area contributed by atoms with Crippen molar-refractivity contribution in [3.63, 3.8) is 0 Å². The zero-order valence-corrected chi connectivity index (χ0v) is 21.2. The lowest BCUT2D eigenvalue weighted by Crippen LogP contribution is -2.39. The van der Waals surface area contributed by atoms with Gasteiger partial charge in [0, 0.05) is 23.2 Å². The van der Waals surface area contributed by atoms with Crippen molar-refractivity contribution in [3.05, 3.63) is 59.2 Å². The van der Waals surface area contributed by atoms with Crippen LogP contribution >= 0.6 is 12.2 Å². The van der Waals surface area contributed by atoms with Crippen LogP contribution in [-0.2, 0) is 9.59 Å². The molecule has 2 aromatic carbocycles. The summed E-state index contributed by atoms with van der Waals surface area (Å²) in [5.41, 5.74) is 5.46. The van der Waals surface area contributed by atoms with E-state index >= 15 is 0 Å². The standard InChI is InChI=1S/C20H19F4N3OS.C4H6O6/c1-26-7-5-11(6-8-26)19(28)12-3-2-4-13(9-12)27(20(25)29)15-10-14(21)16(22)18(24)17(15)23;5-1(3(7)8)2(6)4(9)10/h2-4,9-11H,5-8H2,1H3,(H2,25,29);1-2,5-6H,(H,7,8)(H,9,10). The fourth-order valence-electron chi connectivity index (χ4n) is 3.68. The fraction of sp³-hybridized carbons (Fsp3) is 0.333. The van der Waals surface area contributed by atoms with Gasteiger partial charge in [-0.25, -0.2) is 27.2 Å². The number of aliphatic carboxylic acids is 2. The highest BCUT2D eigenvalue weighted by atomic mass is 32.1. The summed E-state index contributed by atoms with van der Waals surface area (Å²) in [7, 11) is 1.98. The highest BCUT2D eigenvalue weighted by molar-refractivity contribution is 7.80. The minimum atomic E-state index is -2.27. The van der Waals surface area contributed by atoms with E-state index in [2.05, 4.69) is 4.90 Å². The molecule has 2 unspecified atom stereocenters. The van der Waals surface area contributed by atoms with Gasteiger partial charge in [-0.15, -0.1) is 0 Å². The van der Waals surface area contributed by atoms with Gasteiger partial charge in [0.2, 0.25) is 0 Å². The van der Waals surface area contributed by atoms with Crippen molar-refractivity contribution in [3.8, 4) is 0 Å². The minimum absolute atomic E-state index is 0.0835. The Balaban J connectivity index is 0.000000455. The first-order valence-electron chi connectivity index (χ1n) is 11.2. The molecule has 1 saturated heterocycles. The number of hydrogen-bond donors (Lipinski definition) is 5. The first-order valence-corrected chi connectivity index (χ1v) is 11.6. The SMILES string of the molecule is CN1CCC(C(=O)c2cccc(N(C(N)=S)c3cc(F)c(F)c(F)c3F)c2)CC1.O=C(O)C(O)C(O)C(=O)O. The van der Waals surface area contributed by atoms with Crippen molar-refractivity contribution >= 4 is 46.4 Å². The van der Waals surface area contributed by atoms with Crippen LogP contribution in [0.25, 0.3) is 0 Å². The molecule has 0 saturated carbocycles. The summed E-state index contributed by atoms with van der Waals surface area (Å²) < 4.78 is 55.0. The van der Waals surface area contributed by atoms with Crippen molar-refractivity contribution in [2.75, 3.05) is 25.0 Å². The molecule has 39 heavy (non-hydrogen) atoms. The number of Topliss-reactive ketones (excluding diaryl/α,β-unsaturated/α-hetero) is 1. The summed E-state index contributed by atoms with van der Waals surface area (Å²) in [6.45, 7) is 1.60. The highest BCUT2D eigenvalue weighted by Gasteiger charge is 2.30. The Morgan fingerprint density at radius 1 is 0.974 bits per heavy atom. The molecule has 0 bridgehead atoms. The lowest BCUT2D eigenvalue weighted by Gasteiger charge is -2.28. The normalized spacial score (nSPS) is 15.5. The van der Waals surface area contributed by atoms with Gasteiger partial charge < -0.3 is 31.1 Å². The predicted octanol–water partition coefficient (Wildman–Crippen LogP) is 2.03. The van der Waals surface area contributed by atoms with E-state index in [9.17, 15) is 31.9 Å². The maximum atomic E-state index is 14.3. The Morgan fingerprint density at radius 2 is 1.51 bits per heavy atom. The number of benzene rings is 2. The van der Waals surface area contributed by atoms with Crippen LogP contribution in [0.4, 0.5) is 28.9 Å². The lowest BCUT2D eigenvalue weighted by molar-refractivity contribution is -0.165. The predicted molar refractivity (Wildman–Crippen MR) is 133 cm³/mol. The van der Waals surface area contributed by atoms with E-state index in [0.717, 1.165) is 18.0 Å². The van der Waals surface area contributed by atoms with E-state index in [0.29, 0.717) is 24.5 Å². The summed E-state index contributed by atoms with van der Waals surface area (Å²) in [6, 6.07) is 6.50. The highest BCUT2D eigenvalue weighted by Crippen LogP contribution is 2.33. The van der Waals surface area contributed by atoms with Gasteiger partial charge in [-0.05, 0) is 57.3 Å². The molecule has 0 aromatic heterocycles. The third-order valence-corrected chi connectivity index (χ3v) is 6.01. The number of piperidine rings is 1. The minimum Gasteiger partial charge on any atom is -0.479 e. The maximum Gasteiger partial charge on any atom is 0.335 e. The van der Waals surface area contributed by atoms with Crippen molar-refractivity contribution in [1.29, 1.82) is 0 Å². The summed E-state index contributed by atoms with van der Waals surface area (Å²) in [6.07, 6.45) is -3.11. The number of thiocarbonyl (C=S) groups is 1. The first kappa shape index (κ1) is 31.6. The monoisotopic (exact) mass is 575 g/mol. The molecule has 6 N–H and O–H groups in total. The van der Waals surface area contributed by atoms with E-state index in [4.69, 9.17) is 38.4 Å². The first-order chi connectivity index (χ1) is 18.2. The summed E-state index contributed by atoms with van der Waals surface area (Å²) in [4.78, 5) is 35.4. The molecule has 0 aliphatic carbocycles. The Kier molecular flexibility index (Phi) is 10.9. The zero-order valence-electron chi connectivity index (χ0n) is 20.4. The van der Waals surface area contributed by atoms with Crippen LogP contribution in [0.15, 0.2) is 30.3 Å². The molecule has 15 heteroatoms. The van der Waals surface area contributed by atoms with Gasteiger partial charge in [0.15, 0.2) is 46.4 Å². The summed E-state index contributed by atoms with van der Waals surface area (Å²) in [5.74, 6) is -10.9. The Hall–Kier alpha value is -3.66. The Morgan fingerprint density at radius 3 is 2.00 bits per heavy atom. The average Bonchev–Trinajstić information content (AvgIpc) is 2.89. The van der Waals surface area contributed by atoms with E-state index in [1.54, 1.807) is 6.07 Å². The number of carboxylic acids is 2. The second kappa shape index (κ2) is 13.4. The number of carbonyl (C=O) groups excluding carboxylic acids is 1. The number of hydrogen-bond acceptors (Lipinski definition) is 7. The van der Waals surface area contributed by atoms with Crippen LogP contribution in [0, 0.1) is 29.2 Å².